The van der Waals surface area contributed by atoms with Gasteiger partial charge in [-0.25, -0.2) is 0 Å². The molecular weight excluding hydrogens is 240 g/mol. The highest BCUT2D eigenvalue weighted by molar-refractivity contribution is 5.07. The number of nitrogens with zero attached hydrogens (tertiary/aromatic N) is 3. The van der Waals surface area contributed by atoms with Gasteiger partial charge in [-0.2, -0.15) is 0 Å². The second-order valence-electron chi connectivity index (χ2n) is 5.17. The molecule has 0 amide bonds. The van der Waals surface area contributed by atoms with Gasteiger partial charge in [-0.05, 0) is 25.8 Å². The normalized spacial score (nSPS) is 16.9. The molecule has 19 heavy (non-hydrogen) atoms. The molecule has 3 heterocycles. The number of furan rings is 1. The van der Waals surface area contributed by atoms with Crippen molar-refractivity contribution in [3.05, 3.63) is 35.8 Å². The van der Waals surface area contributed by atoms with Crippen LogP contribution >= 0.6 is 0 Å². The molecule has 0 fully saturated rings. The van der Waals surface area contributed by atoms with Crippen molar-refractivity contribution in [2.75, 3.05) is 0 Å². The van der Waals surface area contributed by atoms with Crippen molar-refractivity contribution in [1.29, 1.82) is 0 Å². The molecule has 0 aromatic carbocycles. The van der Waals surface area contributed by atoms with E-state index in [4.69, 9.17) is 4.42 Å². The molecule has 1 atom stereocenters. The highest BCUT2D eigenvalue weighted by Crippen LogP contribution is 2.18. The molecular formula is C14H20N4O. The molecule has 1 aliphatic heterocycles. The zero-order valence-electron chi connectivity index (χ0n) is 11.3. The highest BCUT2D eigenvalue weighted by atomic mass is 16.3. The van der Waals surface area contributed by atoms with Crippen LogP contribution in [0.15, 0.2) is 23.0 Å². The number of rotatable bonds is 4. The number of hydrogen-bond donors (Lipinski definition) is 1. The van der Waals surface area contributed by atoms with E-state index in [9.17, 15) is 0 Å². The van der Waals surface area contributed by atoms with Gasteiger partial charge in [0.25, 0.3) is 0 Å². The van der Waals surface area contributed by atoms with Crippen LogP contribution in [-0.2, 0) is 19.5 Å². The topological polar surface area (TPSA) is 55.9 Å². The van der Waals surface area contributed by atoms with Crippen molar-refractivity contribution in [2.24, 2.45) is 0 Å². The van der Waals surface area contributed by atoms with Crippen LogP contribution in [0.1, 0.15) is 49.4 Å². The van der Waals surface area contributed by atoms with Gasteiger partial charge in [-0.1, -0.05) is 6.42 Å². The summed E-state index contributed by atoms with van der Waals surface area (Å²) >= 11 is 0. The fourth-order valence-corrected chi connectivity index (χ4v) is 2.58. The number of aromatic nitrogens is 3. The molecule has 1 aliphatic rings. The zero-order chi connectivity index (χ0) is 13.1. The van der Waals surface area contributed by atoms with Crippen molar-refractivity contribution in [3.8, 4) is 0 Å². The number of fused-ring (bicyclic) bond motifs is 1. The van der Waals surface area contributed by atoms with Crippen molar-refractivity contribution in [1.82, 2.24) is 20.1 Å². The third kappa shape index (κ3) is 2.71. The smallest absolute Gasteiger partial charge is 0.149 e. The van der Waals surface area contributed by atoms with Crippen molar-refractivity contribution in [2.45, 2.75) is 51.7 Å². The lowest BCUT2D eigenvalue weighted by Gasteiger charge is -2.14. The summed E-state index contributed by atoms with van der Waals surface area (Å²) in [5.41, 5.74) is 1.16. The van der Waals surface area contributed by atoms with Gasteiger partial charge in [0.05, 0.1) is 18.6 Å². The van der Waals surface area contributed by atoms with Gasteiger partial charge in [0.2, 0.25) is 0 Å². The third-order valence-electron chi connectivity index (χ3n) is 3.72. The van der Waals surface area contributed by atoms with Crippen LogP contribution in [0.5, 0.6) is 0 Å². The van der Waals surface area contributed by atoms with E-state index in [0.717, 1.165) is 36.7 Å². The molecule has 2 aromatic heterocycles. The third-order valence-corrected chi connectivity index (χ3v) is 3.72. The van der Waals surface area contributed by atoms with E-state index < -0.39 is 0 Å². The highest BCUT2D eigenvalue weighted by Gasteiger charge is 2.18. The molecule has 0 saturated heterocycles. The predicted molar refractivity (Wildman–Crippen MR) is 71.5 cm³/mol. The van der Waals surface area contributed by atoms with Crippen LogP contribution in [-0.4, -0.2) is 14.8 Å². The van der Waals surface area contributed by atoms with Gasteiger partial charge < -0.3 is 14.3 Å². The minimum absolute atomic E-state index is 0.203. The first kappa shape index (κ1) is 12.4. The van der Waals surface area contributed by atoms with Crippen molar-refractivity contribution < 1.29 is 4.42 Å². The van der Waals surface area contributed by atoms with Crippen LogP contribution in [0.25, 0.3) is 0 Å². The van der Waals surface area contributed by atoms with E-state index in [0.29, 0.717) is 0 Å². The maximum Gasteiger partial charge on any atom is 0.149 e. The summed E-state index contributed by atoms with van der Waals surface area (Å²) < 4.78 is 7.36. The summed E-state index contributed by atoms with van der Waals surface area (Å²) in [6.07, 6.45) is 8.28. The standard InChI is InChI=1S/C14H20N4O/c1-11(15-9-12-6-8-19-10-12)14-17-16-13-5-3-2-4-7-18(13)14/h6,8,10-11,15H,2-5,7,9H2,1H3. The largest absolute Gasteiger partial charge is 0.472 e. The number of aryl methyl sites for hydroxylation is 1. The van der Waals surface area contributed by atoms with Gasteiger partial charge in [0, 0.05) is 25.1 Å². The first-order chi connectivity index (χ1) is 9.34. The summed E-state index contributed by atoms with van der Waals surface area (Å²) in [6, 6.07) is 2.18. The summed E-state index contributed by atoms with van der Waals surface area (Å²) in [5.74, 6) is 2.20. The Bertz CT molecular complexity index is 518. The van der Waals surface area contributed by atoms with Gasteiger partial charge in [-0.15, -0.1) is 10.2 Å². The lowest BCUT2D eigenvalue weighted by molar-refractivity contribution is 0.498. The average Bonchev–Trinajstić information content (AvgIpc) is 3.02. The average molecular weight is 260 g/mol. The monoisotopic (exact) mass is 260 g/mol. The molecule has 0 aliphatic carbocycles. The van der Waals surface area contributed by atoms with Crippen LogP contribution in [0.4, 0.5) is 0 Å². The van der Waals surface area contributed by atoms with Crippen LogP contribution in [0, 0.1) is 0 Å². The number of hydrogen-bond acceptors (Lipinski definition) is 4. The van der Waals surface area contributed by atoms with Gasteiger partial charge in [-0.3, -0.25) is 0 Å². The Labute approximate surface area is 113 Å². The Morgan fingerprint density at radius 1 is 1.37 bits per heavy atom. The quantitative estimate of drug-likeness (QED) is 0.917. The van der Waals surface area contributed by atoms with E-state index in [-0.39, 0.29) is 6.04 Å². The molecule has 1 unspecified atom stereocenters. The summed E-state index contributed by atoms with van der Waals surface area (Å²) in [5, 5.41) is 12.2. The van der Waals surface area contributed by atoms with E-state index >= 15 is 0 Å². The lowest BCUT2D eigenvalue weighted by Crippen LogP contribution is -2.22. The molecule has 0 bridgehead atoms. The van der Waals surface area contributed by atoms with Gasteiger partial charge >= 0.3 is 0 Å². The van der Waals surface area contributed by atoms with Gasteiger partial charge in [0.1, 0.15) is 11.6 Å². The minimum Gasteiger partial charge on any atom is -0.472 e. The van der Waals surface area contributed by atoms with Crippen molar-refractivity contribution >= 4 is 0 Å². The number of nitrogens with one attached hydrogen (secondary N) is 1. The second kappa shape index (κ2) is 5.57. The first-order valence-electron chi connectivity index (χ1n) is 7.01. The summed E-state index contributed by atoms with van der Waals surface area (Å²) in [4.78, 5) is 0. The lowest BCUT2D eigenvalue weighted by atomic mass is 10.2. The van der Waals surface area contributed by atoms with Crippen molar-refractivity contribution in [3.63, 3.8) is 0 Å². The molecule has 2 aromatic rings. The Hall–Kier alpha value is -1.62. The predicted octanol–water partition coefficient (Wildman–Crippen LogP) is 2.45. The van der Waals surface area contributed by atoms with E-state index in [1.807, 2.05) is 6.07 Å². The Morgan fingerprint density at radius 3 is 3.16 bits per heavy atom. The van der Waals surface area contributed by atoms with Crippen LogP contribution in [0.3, 0.4) is 0 Å². The molecule has 3 rings (SSSR count). The molecule has 5 nitrogen and oxygen atoms in total. The molecule has 1 N–H and O–H groups in total. The minimum atomic E-state index is 0.203. The zero-order valence-corrected chi connectivity index (χ0v) is 11.3. The summed E-state index contributed by atoms with van der Waals surface area (Å²) in [7, 11) is 0. The SMILES string of the molecule is CC(NCc1ccoc1)c1nnc2n1CCCCC2. The van der Waals surface area contributed by atoms with E-state index in [1.54, 1.807) is 12.5 Å². The Balaban J connectivity index is 1.69. The second-order valence-corrected chi connectivity index (χ2v) is 5.17. The molecule has 102 valence electrons. The van der Waals surface area contributed by atoms with E-state index in [1.165, 1.54) is 19.3 Å². The fourth-order valence-electron chi connectivity index (χ4n) is 2.58. The Kier molecular flexibility index (Phi) is 3.64. The molecule has 0 spiro atoms. The fraction of sp³-hybridized carbons (Fsp3) is 0.571. The molecule has 5 heteroatoms. The molecule has 0 saturated carbocycles. The maximum absolute atomic E-state index is 5.07. The maximum atomic E-state index is 5.07. The Morgan fingerprint density at radius 2 is 2.32 bits per heavy atom. The summed E-state index contributed by atoms with van der Waals surface area (Å²) in [6.45, 7) is 3.98. The van der Waals surface area contributed by atoms with Gasteiger partial charge in [0.15, 0.2) is 0 Å². The molecule has 0 radical (unpaired) electrons. The first-order valence-corrected chi connectivity index (χ1v) is 7.01. The van der Waals surface area contributed by atoms with Crippen LogP contribution < -0.4 is 5.32 Å². The van der Waals surface area contributed by atoms with Crippen LogP contribution in [0.2, 0.25) is 0 Å². The van der Waals surface area contributed by atoms with E-state index in [2.05, 4.69) is 27.0 Å².